The first-order chi connectivity index (χ1) is 18.3. The van der Waals surface area contributed by atoms with E-state index < -0.39 is 25.0 Å². The van der Waals surface area contributed by atoms with E-state index in [9.17, 15) is 14.4 Å². The molecule has 0 saturated carbocycles. The van der Waals surface area contributed by atoms with Crippen molar-refractivity contribution in [1.29, 1.82) is 0 Å². The average molecular weight is 535 g/mol. The van der Waals surface area contributed by atoms with Crippen LogP contribution in [-0.4, -0.2) is 55.6 Å². The molecule has 212 valence electrons. The third-order valence-electron chi connectivity index (χ3n) is 6.42. The number of nitrogens with zero attached hydrogens (tertiary/aromatic N) is 1. The predicted molar refractivity (Wildman–Crippen MR) is 142 cm³/mol. The third kappa shape index (κ3) is 8.82. The molecule has 1 saturated heterocycles. The van der Waals surface area contributed by atoms with Gasteiger partial charge in [-0.25, -0.2) is 5.48 Å². The zero-order valence-corrected chi connectivity index (χ0v) is 23.0. The molecular formula is C28H42N2O8. The second-order valence-corrected chi connectivity index (χ2v) is 9.43. The molecule has 1 aromatic rings. The molecule has 1 aromatic carbocycles. The lowest BCUT2D eigenvalue weighted by Gasteiger charge is -2.39. The molecule has 1 aliphatic rings. The third-order valence-corrected chi connectivity index (χ3v) is 6.42. The van der Waals surface area contributed by atoms with E-state index in [1.54, 1.807) is 6.08 Å². The number of carbonyl (C=O) groups is 3. The van der Waals surface area contributed by atoms with Crippen LogP contribution in [0.2, 0.25) is 0 Å². The molecule has 0 spiro atoms. The smallest absolute Gasteiger partial charge is 0.281 e. The van der Waals surface area contributed by atoms with Crippen LogP contribution in [0.25, 0.3) is 0 Å². The monoisotopic (exact) mass is 534 g/mol. The van der Waals surface area contributed by atoms with Gasteiger partial charge in [-0.2, -0.15) is 0 Å². The Morgan fingerprint density at radius 3 is 2.63 bits per heavy atom. The number of benzene rings is 1. The summed E-state index contributed by atoms with van der Waals surface area (Å²) in [5.74, 6) is -1.05. The first-order valence-electron chi connectivity index (χ1n) is 13.3. The summed E-state index contributed by atoms with van der Waals surface area (Å²) in [5.41, 5.74) is 2.04. The van der Waals surface area contributed by atoms with Crippen molar-refractivity contribution in [3.05, 3.63) is 30.4 Å². The standard InChI is InChI=1S/C28H42N2O8/c1-6-8-12-19(3)28(38-27-14-10-11-15-36-27)30(26(33)13-9-7-2)22-17-24(37-18-25(32)29-34)23(35-5)16-21(22)20(4)31/h7,16-17,19,27-28,34H,2,6,8-15,18H2,1,3-5H3,(H,29,32). The van der Waals surface area contributed by atoms with E-state index in [-0.39, 0.29) is 46.8 Å². The fourth-order valence-corrected chi connectivity index (χ4v) is 4.33. The second kappa shape index (κ2) is 16.1. The summed E-state index contributed by atoms with van der Waals surface area (Å²) < 4.78 is 23.4. The number of amides is 2. The Hall–Kier alpha value is -2.95. The van der Waals surface area contributed by atoms with E-state index in [1.807, 2.05) is 6.92 Å². The van der Waals surface area contributed by atoms with Gasteiger partial charge in [0.05, 0.1) is 12.8 Å². The number of ketones is 1. The molecule has 1 heterocycles. The van der Waals surface area contributed by atoms with E-state index >= 15 is 0 Å². The Morgan fingerprint density at radius 1 is 1.29 bits per heavy atom. The molecule has 38 heavy (non-hydrogen) atoms. The van der Waals surface area contributed by atoms with Crippen LogP contribution >= 0.6 is 0 Å². The zero-order chi connectivity index (χ0) is 28.1. The number of hydrogen-bond donors (Lipinski definition) is 2. The van der Waals surface area contributed by atoms with Crippen molar-refractivity contribution in [3.63, 3.8) is 0 Å². The van der Waals surface area contributed by atoms with Gasteiger partial charge in [0.1, 0.15) is 6.23 Å². The summed E-state index contributed by atoms with van der Waals surface area (Å²) in [7, 11) is 1.41. The minimum atomic E-state index is -0.771. The van der Waals surface area contributed by atoms with Crippen LogP contribution in [0.5, 0.6) is 11.5 Å². The van der Waals surface area contributed by atoms with Crippen LogP contribution in [0.1, 0.15) is 82.5 Å². The highest BCUT2D eigenvalue weighted by Crippen LogP contribution is 2.39. The van der Waals surface area contributed by atoms with Gasteiger partial charge in [0.2, 0.25) is 5.91 Å². The Kier molecular flexibility index (Phi) is 13.3. The molecule has 0 aromatic heterocycles. The Morgan fingerprint density at radius 2 is 2.05 bits per heavy atom. The number of unbranched alkanes of at least 4 members (excludes halogenated alkanes) is 1. The minimum absolute atomic E-state index is 0.0837. The average Bonchev–Trinajstić information content (AvgIpc) is 2.93. The Balaban J connectivity index is 2.67. The topological polar surface area (TPSA) is 124 Å². The number of carbonyl (C=O) groups excluding carboxylic acids is 3. The van der Waals surface area contributed by atoms with Crippen LogP contribution in [-0.2, 0) is 19.1 Å². The van der Waals surface area contributed by atoms with Gasteiger partial charge in [0.25, 0.3) is 5.91 Å². The number of nitrogens with one attached hydrogen (secondary N) is 1. The van der Waals surface area contributed by atoms with Crippen molar-refractivity contribution in [2.24, 2.45) is 5.92 Å². The van der Waals surface area contributed by atoms with Gasteiger partial charge in [-0.15, -0.1) is 6.58 Å². The largest absolute Gasteiger partial charge is 0.493 e. The first kappa shape index (κ1) is 31.3. The Labute approximate surface area is 225 Å². The molecule has 3 atom stereocenters. The summed E-state index contributed by atoms with van der Waals surface area (Å²) in [6, 6.07) is 3.00. The van der Waals surface area contributed by atoms with Crippen molar-refractivity contribution >= 4 is 23.3 Å². The number of ether oxygens (including phenoxy) is 4. The van der Waals surface area contributed by atoms with Gasteiger partial charge in [0, 0.05) is 30.6 Å². The number of Topliss-reactive ketones (excluding diaryl/α,β-unsaturated/α-hetero) is 1. The number of hydroxylamine groups is 1. The summed E-state index contributed by atoms with van der Waals surface area (Å²) in [5, 5.41) is 8.87. The number of hydrogen-bond acceptors (Lipinski definition) is 8. The number of allylic oxidation sites excluding steroid dienone is 1. The van der Waals surface area contributed by atoms with Crippen molar-refractivity contribution in [2.75, 3.05) is 25.2 Å². The predicted octanol–water partition coefficient (Wildman–Crippen LogP) is 4.78. The highest BCUT2D eigenvalue weighted by atomic mass is 16.7. The van der Waals surface area contributed by atoms with E-state index in [4.69, 9.17) is 24.2 Å². The molecule has 2 amide bonds. The normalized spacial score (nSPS) is 16.7. The molecule has 10 nitrogen and oxygen atoms in total. The zero-order valence-electron chi connectivity index (χ0n) is 23.0. The van der Waals surface area contributed by atoms with Crippen LogP contribution < -0.4 is 19.9 Å². The fourth-order valence-electron chi connectivity index (χ4n) is 4.33. The summed E-state index contributed by atoms with van der Waals surface area (Å²) in [6.45, 7) is 9.35. The summed E-state index contributed by atoms with van der Waals surface area (Å²) in [4.78, 5) is 39.8. The summed E-state index contributed by atoms with van der Waals surface area (Å²) in [6.07, 6.45) is 6.39. The van der Waals surface area contributed by atoms with E-state index in [1.165, 1.54) is 36.5 Å². The lowest BCUT2D eigenvalue weighted by molar-refractivity contribution is -0.198. The molecule has 3 unspecified atom stereocenters. The van der Waals surface area contributed by atoms with Gasteiger partial charge in [-0.3, -0.25) is 24.5 Å². The number of anilines is 1. The van der Waals surface area contributed by atoms with Crippen molar-refractivity contribution < 1.29 is 38.5 Å². The van der Waals surface area contributed by atoms with Crippen LogP contribution in [0, 0.1) is 5.92 Å². The SMILES string of the molecule is C=CCCC(=O)N(c1cc(OCC(=O)NO)c(OC)cc1C(C)=O)C(OC1CCCCO1)C(C)CCCC. The van der Waals surface area contributed by atoms with Crippen LogP contribution in [0.3, 0.4) is 0 Å². The maximum atomic E-state index is 13.8. The minimum Gasteiger partial charge on any atom is -0.493 e. The van der Waals surface area contributed by atoms with Crippen molar-refractivity contribution in [3.8, 4) is 11.5 Å². The molecule has 2 rings (SSSR count). The Bertz CT molecular complexity index is 945. The first-order valence-corrected chi connectivity index (χ1v) is 13.3. The van der Waals surface area contributed by atoms with Gasteiger partial charge in [-0.05, 0) is 45.1 Å². The van der Waals surface area contributed by atoms with Gasteiger partial charge in [-0.1, -0.05) is 32.8 Å². The van der Waals surface area contributed by atoms with E-state index in [2.05, 4.69) is 13.5 Å². The highest BCUT2D eigenvalue weighted by molar-refractivity contribution is 6.05. The molecule has 1 fully saturated rings. The van der Waals surface area contributed by atoms with Crippen LogP contribution in [0.15, 0.2) is 24.8 Å². The van der Waals surface area contributed by atoms with Crippen molar-refractivity contribution in [1.82, 2.24) is 5.48 Å². The van der Waals surface area contributed by atoms with Gasteiger partial charge < -0.3 is 18.9 Å². The summed E-state index contributed by atoms with van der Waals surface area (Å²) >= 11 is 0. The lowest BCUT2D eigenvalue weighted by atomic mass is 9.98. The molecule has 0 aliphatic carbocycles. The molecule has 1 aliphatic heterocycles. The second-order valence-electron chi connectivity index (χ2n) is 9.43. The number of methoxy groups -OCH3 is 1. The molecule has 0 bridgehead atoms. The molecule has 10 heteroatoms. The highest BCUT2D eigenvalue weighted by Gasteiger charge is 2.35. The lowest BCUT2D eigenvalue weighted by Crippen LogP contribution is -2.49. The van der Waals surface area contributed by atoms with E-state index in [0.717, 1.165) is 32.1 Å². The maximum Gasteiger partial charge on any atom is 0.281 e. The number of rotatable bonds is 16. The molecule has 0 radical (unpaired) electrons. The molecular weight excluding hydrogens is 492 g/mol. The molecule has 2 N–H and O–H groups in total. The van der Waals surface area contributed by atoms with E-state index in [0.29, 0.717) is 19.4 Å². The van der Waals surface area contributed by atoms with Gasteiger partial charge in [0.15, 0.2) is 30.2 Å². The quantitative estimate of drug-likeness (QED) is 0.102. The van der Waals surface area contributed by atoms with Crippen LogP contribution in [0.4, 0.5) is 5.69 Å². The van der Waals surface area contributed by atoms with Crippen molar-refractivity contribution in [2.45, 2.75) is 84.7 Å². The maximum absolute atomic E-state index is 13.8. The van der Waals surface area contributed by atoms with Gasteiger partial charge >= 0.3 is 0 Å². The fraction of sp³-hybridized carbons (Fsp3) is 0.607.